The number of rotatable bonds is 3. The van der Waals surface area contributed by atoms with Crippen molar-refractivity contribution in [3.63, 3.8) is 0 Å². The van der Waals surface area contributed by atoms with Gasteiger partial charge in [-0.1, -0.05) is 6.42 Å². The van der Waals surface area contributed by atoms with Crippen LogP contribution in [0.5, 0.6) is 5.75 Å². The SMILES string of the molecule is O=C(OCc1cc(=O)oc2cc(O)ccc12)C1C[C@H]2CCC[C@@H](C1)C2=O. The molecule has 1 aromatic carbocycles. The topological polar surface area (TPSA) is 93.8 Å². The lowest BCUT2D eigenvalue weighted by Gasteiger charge is -2.36. The van der Waals surface area contributed by atoms with E-state index in [9.17, 15) is 19.5 Å². The zero-order chi connectivity index (χ0) is 18.3. The minimum Gasteiger partial charge on any atom is -0.508 e. The van der Waals surface area contributed by atoms with Gasteiger partial charge in [0.2, 0.25) is 0 Å². The maximum Gasteiger partial charge on any atom is 0.336 e. The number of carbonyl (C=O) groups is 2. The summed E-state index contributed by atoms with van der Waals surface area (Å²) in [7, 11) is 0. The van der Waals surface area contributed by atoms with Crippen molar-refractivity contribution in [2.24, 2.45) is 17.8 Å². The molecule has 1 unspecified atom stereocenters. The largest absolute Gasteiger partial charge is 0.508 e. The Balaban J connectivity index is 1.49. The zero-order valence-electron chi connectivity index (χ0n) is 14.3. The summed E-state index contributed by atoms with van der Waals surface area (Å²) < 4.78 is 10.5. The van der Waals surface area contributed by atoms with Crippen molar-refractivity contribution in [1.82, 2.24) is 0 Å². The van der Waals surface area contributed by atoms with Gasteiger partial charge in [-0.2, -0.15) is 0 Å². The lowest BCUT2D eigenvalue weighted by Crippen LogP contribution is -2.39. The molecule has 2 bridgehead atoms. The second-order valence-corrected chi connectivity index (χ2v) is 7.27. The fraction of sp³-hybridized carbons (Fsp3) is 0.450. The van der Waals surface area contributed by atoms with E-state index in [1.807, 2.05) is 0 Å². The number of fused-ring (bicyclic) bond motifs is 3. The number of carbonyl (C=O) groups excluding carboxylic acids is 2. The van der Waals surface area contributed by atoms with Crippen LogP contribution in [0, 0.1) is 17.8 Å². The van der Waals surface area contributed by atoms with Gasteiger partial charge in [0.1, 0.15) is 23.7 Å². The van der Waals surface area contributed by atoms with Crippen molar-refractivity contribution >= 4 is 22.7 Å². The van der Waals surface area contributed by atoms with Gasteiger partial charge in [0, 0.05) is 34.9 Å². The number of benzene rings is 1. The van der Waals surface area contributed by atoms with Gasteiger partial charge in [0.05, 0.1) is 5.92 Å². The fourth-order valence-electron chi connectivity index (χ4n) is 4.28. The van der Waals surface area contributed by atoms with Gasteiger partial charge < -0.3 is 14.3 Å². The molecule has 1 N–H and O–H groups in total. The van der Waals surface area contributed by atoms with E-state index in [1.54, 1.807) is 6.07 Å². The Bertz CT molecular complexity index is 912. The fourth-order valence-corrected chi connectivity index (χ4v) is 4.28. The number of hydrogen-bond acceptors (Lipinski definition) is 6. The zero-order valence-corrected chi connectivity index (χ0v) is 14.3. The molecule has 4 rings (SSSR count). The van der Waals surface area contributed by atoms with Crippen LogP contribution in [0.25, 0.3) is 11.0 Å². The maximum absolute atomic E-state index is 12.5. The van der Waals surface area contributed by atoms with Gasteiger partial charge in [-0.15, -0.1) is 0 Å². The Kier molecular flexibility index (Phi) is 4.26. The minimum absolute atomic E-state index is 0.00629. The van der Waals surface area contributed by atoms with E-state index in [-0.39, 0.29) is 41.7 Å². The normalized spacial score (nSPS) is 25.2. The van der Waals surface area contributed by atoms with Crippen LogP contribution in [-0.4, -0.2) is 16.9 Å². The second-order valence-electron chi connectivity index (χ2n) is 7.27. The summed E-state index contributed by atoms with van der Waals surface area (Å²) in [4.78, 5) is 36.4. The summed E-state index contributed by atoms with van der Waals surface area (Å²) in [6, 6.07) is 5.77. The molecule has 0 spiro atoms. The molecule has 3 atom stereocenters. The predicted molar refractivity (Wildman–Crippen MR) is 92.5 cm³/mol. The summed E-state index contributed by atoms with van der Waals surface area (Å²) in [5, 5.41) is 10.1. The maximum atomic E-state index is 12.5. The van der Waals surface area contributed by atoms with Gasteiger partial charge >= 0.3 is 11.6 Å². The van der Waals surface area contributed by atoms with E-state index in [1.165, 1.54) is 18.2 Å². The number of aromatic hydroxyl groups is 1. The summed E-state index contributed by atoms with van der Waals surface area (Å²) in [5.74, 6) is -0.270. The van der Waals surface area contributed by atoms with E-state index >= 15 is 0 Å². The van der Waals surface area contributed by atoms with E-state index in [0.29, 0.717) is 29.6 Å². The first-order valence-electron chi connectivity index (χ1n) is 8.97. The van der Waals surface area contributed by atoms with Crippen LogP contribution in [0.2, 0.25) is 0 Å². The number of esters is 1. The van der Waals surface area contributed by atoms with Crippen molar-refractivity contribution in [3.05, 3.63) is 40.2 Å². The molecule has 2 aromatic rings. The number of ketones is 1. The molecule has 26 heavy (non-hydrogen) atoms. The monoisotopic (exact) mass is 356 g/mol. The van der Waals surface area contributed by atoms with Gasteiger partial charge in [-0.05, 0) is 37.8 Å². The number of Topliss-reactive ketones (excluding diaryl/α,β-unsaturated/α-hetero) is 1. The lowest BCUT2D eigenvalue weighted by molar-refractivity contribution is -0.154. The number of ether oxygens (including phenoxy) is 1. The molecule has 0 saturated heterocycles. The molecular formula is C20H20O6. The highest BCUT2D eigenvalue weighted by Gasteiger charge is 2.41. The van der Waals surface area contributed by atoms with E-state index in [2.05, 4.69) is 0 Å². The number of phenolic OH excluding ortho intramolecular Hbond substituents is 1. The summed E-state index contributed by atoms with van der Waals surface area (Å²) in [6.45, 7) is -0.0362. The van der Waals surface area contributed by atoms with Gasteiger partial charge in [-0.3, -0.25) is 9.59 Å². The van der Waals surface area contributed by atoms with Crippen LogP contribution in [0.3, 0.4) is 0 Å². The molecule has 6 heteroatoms. The molecule has 0 amide bonds. The summed E-state index contributed by atoms with van der Waals surface area (Å²) >= 11 is 0. The van der Waals surface area contributed by atoms with Crippen molar-refractivity contribution in [2.45, 2.75) is 38.7 Å². The Morgan fingerprint density at radius 2 is 1.88 bits per heavy atom. The van der Waals surface area contributed by atoms with Crippen LogP contribution in [0.15, 0.2) is 33.5 Å². The molecule has 6 nitrogen and oxygen atoms in total. The smallest absolute Gasteiger partial charge is 0.336 e. The third kappa shape index (κ3) is 3.11. The van der Waals surface area contributed by atoms with Crippen LogP contribution >= 0.6 is 0 Å². The third-order valence-corrected chi connectivity index (χ3v) is 5.57. The van der Waals surface area contributed by atoms with Crippen LogP contribution in [0.1, 0.15) is 37.7 Å². The highest BCUT2D eigenvalue weighted by atomic mass is 16.5. The molecule has 0 radical (unpaired) electrons. The first-order valence-corrected chi connectivity index (χ1v) is 8.97. The number of hydrogen-bond donors (Lipinski definition) is 1. The Hall–Kier alpha value is -2.63. The number of phenols is 1. The Labute approximate surface area is 149 Å². The first-order chi connectivity index (χ1) is 12.5. The third-order valence-electron chi connectivity index (χ3n) is 5.57. The van der Waals surface area contributed by atoms with E-state index in [4.69, 9.17) is 9.15 Å². The van der Waals surface area contributed by atoms with Crippen LogP contribution in [0.4, 0.5) is 0 Å². The predicted octanol–water partition coefficient (Wildman–Crippen LogP) is 2.94. The van der Waals surface area contributed by atoms with E-state index in [0.717, 1.165) is 19.3 Å². The first kappa shape index (κ1) is 16.8. The quantitative estimate of drug-likeness (QED) is 0.671. The Morgan fingerprint density at radius 1 is 1.15 bits per heavy atom. The van der Waals surface area contributed by atoms with Gasteiger partial charge in [0.25, 0.3) is 0 Å². The Morgan fingerprint density at radius 3 is 2.62 bits per heavy atom. The summed E-state index contributed by atoms with van der Waals surface area (Å²) in [6.07, 6.45) is 3.93. The van der Waals surface area contributed by atoms with Crippen molar-refractivity contribution in [3.8, 4) is 5.75 Å². The standard InChI is InChI=1S/C20H20O6/c21-15-4-5-16-14(8-18(22)26-17(16)9-15)10-25-20(24)13-6-11-2-1-3-12(7-13)19(11)23/h4-5,8-9,11-13,21H,1-3,6-7,10H2/t11-,12+,13?. The molecule has 0 aliphatic heterocycles. The van der Waals surface area contributed by atoms with Crippen molar-refractivity contribution < 1.29 is 23.8 Å². The molecule has 1 aromatic heterocycles. The molecule has 2 aliphatic rings. The van der Waals surface area contributed by atoms with Crippen molar-refractivity contribution in [1.29, 1.82) is 0 Å². The lowest BCUT2D eigenvalue weighted by atomic mass is 9.67. The highest BCUT2D eigenvalue weighted by molar-refractivity contribution is 5.87. The molecule has 136 valence electrons. The van der Waals surface area contributed by atoms with Crippen LogP contribution < -0.4 is 5.63 Å². The average molecular weight is 356 g/mol. The minimum atomic E-state index is -0.563. The highest BCUT2D eigenvalue weighted by Crippen LogP contribution is 2.40. The molecule has 1 heterocycles. The van der Waals surface area contributed by atoms with Gasteiger partial charge in [0.15, 0.2) is 0 Å². The summed E-state index contributed by atoms with van der Waals surface area (Å²) in [5.41, 5.74) is 0.227. The molecular weight excluding hydrogens is 336 g/mol. The van der Waals surface area contributed by atoms with E-state index < -0.39 is 5.63 Å². The van der Waals surface area contributed by atoms with Crippen LogP contribution in [-0.2, 0) is 20.9 Å². The molecule has 2 fully saturated rings. The van der Waals surface area contributed by atoms with Crippen molar-refractivity contribution in [2.75, 3.05) is 0 Å². The average Bonchev–Trinajstić information content (AvgIpc) is 2.58. The van der Waals surface area contributed by atoms with Gasteiger partial charge in [-0.25, -0.2) is 4.79 Å². The molecule has 2 saturated carbocycles. The second kappa shape index (κ2) is 6.59. The molecule has 2 aliphatic carbocycles.